The predicted octanol–water partition coefficient (Wildman–Crippen LogP) is 2.28. The Kier molecular flexibility index (Phi) is 1.91. The van der Waals surface area contributed by atoms with Crippen LogP contribution in [0, 0.1) is 0 Å². The van der Waals surface area contributed by atoms with Crippen LogP contribution in [0.4, 0.5) is 5.69 Å². The molecule has 1 aromatic carbocycles. The standard InChI is InChI=1S/C14H20N2/c1-16(2)12-5-3-4-11(10-12)13(6-7-13)14(15)8-9-14/h3-5,10H,6-9,15H2,1-2H3. The van der Waals surface area contributed by atoms with Crippen LogP contribution in [0.25, 0.3) is 0 Å². The number of benzene rings is 1. The summed E-state index contributed by atoms with van der Waals surface area (Å²) in [5.41, 5.74) is 9.62. The van der Waals surface area contributed by atoms with Crippen molar-refractivity contribution in [3.63, 3.8) is 0 Å². The Hall–Kier alpha value is -1.02. The van der Waals surface area contributed by atoms with E-state index >= 15 is 0 Å². The van der Waals surface area contributed by atoms with Gasteiger partial charge in [-0.3, -0.25) is 0 Å². The van der Waals surface area contributed by atoms with E-state index in [1.807, 2.05) is 0 Å². The van der Waals surface area contributed by atoms with Crippen LogP contribution in [-0.4, -0.2) is 19.6 Å². The molecule has 2 aliphatic carbocycles. The number of rotatable bonds is 3. The number of hydrogen-bond donors (Lipinski definition) is 1. The summed E-state index contributed by atoms with van der Waals surface area (Å²) in [5, 5.41) is 0. The van der Waals surface area contributed by atoms with Gasteiger partial charge in [0.1, 0.15) is 0 Å². The van der Waals surface area contributed by atoms with Gasteiger partial charge in [0.15, 0.2) is 0 Å². The normalized spacial score (nSPS) is 23.9. The van der Waals surface area contributed by atoms with Gasteiger partial charge in [-0.05, 0) is 43.4 Å². The van der Waals surface area contributed by atoms with E-state index in [-0.39, 0.29) is 5.54 Å². The molecule has 2 aliphatic rings. The van der Waals surface area contributed by atoms with Crippen molar-refractivity contribution in [3.8, 4) is 0 Å². The molecule has 0 spiro atoms. The molecule has 3 rings (SSSR count). The summed E-state index contributed by atoms with van der Waals surface area (Å²) >= 11 is 0. The molecule has 0 saturated heterocycles. The Morgan fingerprint density at radius 1 is 1.12 bits per heavy atom. The third kappa shape index (κ3) is 1.29. The van der Waals surface area contributed by atoms with Crippen molar-refractivity contribution in [2.75, 3.05) is 19.0 Å². The van der Waals surface area contributed by atoms with Crippen LogP contribution in [0.5, 0.6) is 0 Å². The van der Waals surface area contributed by atoms with Gasteiger partial charge < -0.3 is 10.6 Å². The lowest BCUT2D eigenvalue weighted by molar-refractivity contribution is 0.503. The highest BCUT2D eigenvalue weighted by molar-refractivity contribution is 5.52. The maximum atomic E-state index is 6.43. The molecule has 16 heavy (non-hydrogen) atoms. The molecule has 0 atom stereocenters. The molecule has 86 valence electrons. The topological polar surface area (TPSA) is 29.3 Å². The molecule has 0 amide bonds. The molecular weight excluding hydrogens is 196 g/mol. The largest absolute Gasteiger partial charge is 0.378 e. The number of hydrogen-bond acceptors (Lipinski definition) is 2. The Morgan fingerprint density at radius 2 is 1.81 bits per heavy atom. The summed E-state index contributed by atoms with van der Waals surface area (Å²) < 4.78 is 0. The highest BCUT2D eigenvalue weighted by Crippen LogP contribution is 2.63. The van der Waals surface area contributed by atoms with Crippen molar-refractivity contribution < 1.29 is 0 Å². The van der Waals surface area contributed by atoms with Crippen LogP contribution in [0.1, 0.15) is 31.2 Å². The first-order valence-corrected chi connectivity index (χ1v) is 6.14. The van der Waals surface area contributed by atoms with E-state index in [1.54, 1.807) is 0 Å². The molecule has 0 heterocycles. The van der Waals surface area contributed by atoms with Crippen LogP contribution < -0.4 is 10.6 Å². The van der Waals surface area contributed by atoms with E-state index in [0.29, 0.717) is 5.41 Å². The Morgan fingerprint density at radius 3 is 2.31 bits per heavy atom. The van der Waals surface area contributed by atoms with Crippen LogP contribution >= 0.6 is 0 Å². The van der Waals surface area contributed by atoms with E-state index in [2.05, 4.69) is 43.3 Å². The summed E-state index contributed by atoms with van der Waals surface area (Å²) in [6.07, 6.45) is 4.97. The molecule has 0 unspecified atom stereocenters. The van der Waals surface area contributed by atoms with Gasteiger partial charge in [-0.15, -0.1) is 0 Å². The molecule has 0 bridgehead atoms. The third-order valence-corrected chi connectivity index (χ3v) is 4.41. The minimum Gasteiger partial charge on any atom is -0.378 e. The first kappa shape index (κ1) is 10.2. The lowest BCUT2D eigenvalue weighted by Gasteiger charge is -2.25. The zero-order valence-electron chi connectivity index (χ0n) is 10.2. The monoisotopic (exact) mass is 216 g/mol. The molecule has 2 heteroatoms. The van der Waals surface area contributed by atoms with E-state index in [4.69, 9.17) is 5.73 Å². The summed E-state index contributed by atoms with van der Waals surface area (Å²) in [6.45, 7) is 0. The lowest BCUT2D eigenvalue weighted by atomic mass is 9.86. The van der Waals surface area contributed by atoms with Gasteiger partial charge >= 0.3 is 0 Å². The Labute approximate surface area is 97.4 Å². The van der Waals surface area contributed by atoms with Crippen molar-refractivity contribution in [3.05, 3.63) is 29.8 Å². The lowest BCUT2D eigenvalue weighted by Crippen LogP contribution is -2.37. The second-order valence-electron chi connectivity index (χ2n) is 5.68. The molecule has 0 aromatic heterocycles. The zero-order valence-corrected chi connectivity index (χ0v) is 10.2. The summed E-state index contributed by atoms with van der Waals surface area (Å²) in [7, 11) is 4.18. The fraction of sp³-hybridized carbons (Fsp3) is 0.571. The van der Waals surface area contributed by atoms with Crippen LogP contribution in [0.15, 0.2) is 24.3 Å². The molecule has 2 N–H and O–H groups in total. The minimum absolute atomic E-state index is 0.123. The number of nitrogens with two attached hydrogens (primary N) is 1. The summed E-state index contributed by atoms with van der Waals surface area (Å²) in [6, 6.07) is 8.90. The van der Waals surface area contributed by atoms with Crippen molar-refractivity contribution in [2.45, 2.75) is 36.6 Å². The van der Waals surface area contributed by atoms with Gasteiger partial charge in [0.2, 0.25) is 0 Å². The van der Waals surface area contributed by atoms with E-state index in [9.17, 15) is 0 Å². The first-order chi connectivity index (χ1) is 7.57. The Balaban J connectivity index is 1.98. The van der Waals surface area contributed by atoms with Crippen molar-refractivity contribution in [2.24, 2.45) is 5.73 Å². The molecule has 2 nitrogen and oxygen atoms in total. The first-order valence-electron chi connectivity index (χ1n) is 6.14. The quantitative estimate of drug-likeness (QED) is 0.840. The zero-order chi connectivity index (χ0) is 11.4. The minimum atomic E-state index is 0.123. The molecule has 0 radical (unpaired) electrons. The molecule has 1 aromatic rings. The fourth-order valence-electron chi connectivity index (χ4n) is 2.89. The Bertz CT molecular complexity index is 414. The smallest absolute Gasteiger partial charge is 0.0363 e. The highest BCUT2D eigenvalue weighted by atomic mass is 15.1. The predicted molar refractivity (Wildman–Crippen MR) is 67.8 cm³/mol. The van der Waals surface area contributed by atoms with Gasteiger partial charge in [-0.25, -0.2) is 0 Å². The average Bonchev–Trinajstić information content (AvgIpc) is 3.13. The van der Waals surface area contributed by atoms with Crippen LogP contribution in [-0.2, 0) is 5.41 Å². The second-order valence-corrected chi connectivity index (χ2v) is 5.68. The van der Waals surface area contributed by atoms with Gasteiger partial charge in [-0.1, -0.05) is 12.1 Å². The molecule has 0 aliphatic heterocycles. The summed E-state index contributed by atoms with van der Waals surface area (Å²) in [5.74, 6) is 0. The summed E-state index contributed by atoms with van der Waals surface area (Å²) in [4.78, 5) is 2.16. The average molecular weight is 216 g/mol. The number of nitrogens with zero attached hydrogens (tertiary/aromatic N) is 1. The van der Waals surface area contributed by atoms with Gasteiger partial charge in [0.05, 0.1) is 0 Å². The van der Waals surface area contributed by atoms with Crippen molar-refractivity contribution in [1.29, 1.82) is 0 Å². The molecule has 2 saturated carbocycles. The highest BCUT2D eigenvalue weighted by Gasteiger charge is 2.63. The third-order valence-electron chi connectivity index (χ3n) is 4.41. The second kappa shape index (κ2) is 3.01. The molecular formula is C14H20N2. The van der Waals surface area contributed by atoms with E-state index in [1.165, 1.54) is 36.9 Å². The molecule has 2 fully saturated rings. The fourth-order valence-corrected chi connectivity index (χ4v) is 2.89. The van der Waals surface area contributed by atoms with Gasteiger partial charge in [0.25, 0.3) is 0 Å². The van der Waals surface area contributed by atoms with Crippen molar-refractivity contribution in [1.82, 2.24) is 0 Å². The van der Waals surface area contributed by atoms with Crippen molar-refractivity contribution >= 4 is 5.69 Å². The van der Waals surface area contributed by atoms with E-state index in [0.717, 1.165) is 0 Å². The van der Waals surface area contributed by atoms with E-state index < -0.39 is 0 Å². The maximum absolute atomic E-state index is 6.43. The van der Waals surface area contributed by atoms with Gasteiger partial charge in [-0.2, -0.15) is 0 Å². The maximum Gasteiger partial charge on any atom is 0.0363 e. The van der Waals surface area contributed by atoms with Crippen LogP contribution in [0.3, 0.4) is 0 Å². The number of anilines is 1. The van der Waals surface area contributed by atoms with Gasteiger partial charge in [0, 0.05) is 30.7 Å². The van der Waals surface area contributed by atoms with Crippen LogP contribution in [0.2, 0.25) is 0 Å². The SMILES string of the molecule is CN(C)c1cccc(C2(C3(N)CC3)CC2)c1.